The predicted octanol–water partition coefficient (Wildman–Crippen LogP) is 3.20. The molecule has 0 fully saturated rings. The molecule has 0 aliphatic heterocycles. The van der Waals surface area contributed by atoms with Crippen LogP contribution >= 0.6 is 11.6 Å². The second-order valence-corrected chi connectivity index (χ2v) is 7.33. The number of carbonyl (C=O) groups is 1. The number of anilines is 1. The Morgan fingerprint density at radius 3 is 2.39 bits per heavy atom. The van der Waals surface area contributed by atoms with E-state index in [9.17, 15) is 13.2 Å². The van der Waals surface area contributed by atoms with Gasteiger partial charge in [0.05, 0.1) is 22.9 Å². The molecule has 0 saturated heterocycles. The first-order chi connectivity index (χ1) is 10.8. The average molecular weight is 353 g/mol. The lowest BCUT2D eigenvalue weighted by atomic mass is 10.1. The van der Waals surface area contributed by atoms with E-state index in [1.807, 2.05) is 37.3 Å². The molecule has 0 bridgehead atoms. The minimum absolute atomic E-state index is 0.203. The van der Waals surface area contributed by atoms with Gasteiger partial charge < -0.3 is 5.32 Å². The van der Waals surface area contributed by atoms with Gasteiger partial charge in [0.25, 0.3) is 5.91 Å². The monoisotopic (exact) mass is 352 g/mol. The number of rotatable bonds is 5. The van der Waals surface area contributed by atoms with Gasteiger partial charge in [-0.05, 0) is 30.7 Å². The Morgan fingerprint density at radius 2 is 1.78 bits per heavy atom. The molecule has 5 nitrogen and oxygen atoms in total. The van der Waals surface area contributed by atoms with E-state index < -0.39 is 10.0 Å². The number of benzene rings is 2. The van der Waals surface area contributed by atoms with Crippen LogP contribution in [0, 0.1) is 0 Å². The standard InChI is InChI=1S/C16H17ClN2O3S/c1-11(12-6-4-3-5-7-12)18-16(20)14-10-13(8-9-15(14)17)19-23(2,21)22/h3-11,19H,1-2H3,(H,18,20). The van der Waals surface area contributed by atoms with Gasteiger partial charge in [0, 0.05) is 5.69 Å². The molecule has 0 saturated carbocycles. The summed E-state index contributed by atoms with van der Waals surface area (Å²) < 4.78 is 24.9. The maximum absolute atomic E-state index is 12.4. The molecule has 2 rings (SSSR count). The Kier molecular flexibility index (Phi) is 5.28. The number of nitrogens with one attached hydrogen (secondary N) is 2. The zero-order valence-corrected chi connectivity index (χ0v) is 14.3. The summed E-state index contributed by atoms with van der Waals surface area (Å²) in [6.07, 6.45) is 1.04. The predicted molar refractivity (Wildman–Crippen MR) is 92.2 cm³/mol. The molecule has 0 spiro atoms. The molecule has 7 heteroatoms. The number of carbonyl (C=O) groups excluding carboxylic acids is 1. The van der Waals surface area contributed by atoms with Crippen LogP contribution in [-0.2, 0) is 10.0 Å². The normalized spacial score (nSPS) is 12.5. The van der Waals surface area contributed by atoms with Crippen molar-refractivity contribution in [1.29, 1.82) is 0 Å². The summed E-state index contributed by atoms with van der Waals surface area (Å²) >= 11 is 6.05. The van der Waals surface area contributed by atoms with Crippen LogP contribution < -0.4 is 10.0 Å². The fraction of sp³-hybridized carbons (Fsp3) is 0.188. The lowest BCUT2D eigenvalue weighted by Gasteiger charge is -2.15. The van der Waals surface area contributed by atoms with E-state index in [1.54, 1.807) is 0 Å². The van der Waals surface area contributed by atoms with Crippen molar-refractivity contribution in [3.63, 3.8) is 0 Å². The van der Waals surface area contributed by atoms with Crippen LogP contribution in [0.1, 0.15) is 28.9 Å². The van der Waals surface area contributed by atoms with Crippen molar-refractivity contribution in [2.24, 2.45) is 0 Å². The quantitative estimate of drug-likeness (QED) is 0.867. The Bertz CT molecular complexity index is 807. The maximum atomic E-state index is 12.4. The van der Waals surface area contributed by atoms with Crippen molar-refractivity contribution >= 4 is 33.2 Å². The molecule has 1 unspecified atom stereocenters. The summed E-state index contributed by atoms with van der Waals surface area (Å²) in [5, 5.41) is 3.09. The molecule has 0 aliphatic carbocycles. The largest absolute Gasteiger partial charge is 0.345 e. The highest BCUT2D eigenvalue weighted by molar-refractivity contribution is 7.92. The highest BCUT2D eigenvalue weighted by atomic mass is 35.5. The van der Waals surface area contributed by atoms with E-state index in [2.05, 4.69) is 10.0 Å². The molecular weight excluding hydrogens is 336 g/mol. The van der Waals surface area contributed by atoms with Gasteiger partial charge in [-0.2, -0.15) is 0 Å². The Morgan fingerprint density at radius 1 is 1.13 bits per heavy atom. The molecule has 1 atom stereocenters. The molecule has 23 heavy (non-hydrogen) atoms. The lowest BCUT2D eigenvalue weighted by molar-refractivity contribution is 0.0940. The van der Waals surface area contributed by atoms with Crippen molar-refractivity contribution in [2.45, 2.75) is 13.0 Å². The van der Waals surface area contributed by atoms with Gasteiger partial charge >= 0.3 is 0 Å². The van der Waals surface area contributed by atoms with Crippen LogP contribution in [0.3, 0.4) is 0 Å². The minimum atomic E-state index is -3.42. The Balaban J connectivity index is 2.20. The molecule has 0 aromatic heterocycles. The summed E-state index contributed by atoms with van der Waals surface area (Å²) in [4.78, 5) is 12.4. The molecule has 122 valence electrons. The molecule has 0 radical (unpaired) electrons. The molecule has 1 amide bonds. The summed E-state index contributed by atoms with van der Waals surface area (Å²) in [5.41, 5.74) is 1.46. The van der Waals surface area contributed by atoms with E-state index in [-0.39, 0.29) is 28.2 Å². The SMILES string of the molecule is CC(NC(=O)c1cc(NS(C)(=O)=O)ccc1Cl)c1ccccc1. The summed E-state index contributed by atoms with van der Waals surface area (Å²) in [6.45, 7) is 1.86. The average Bonchev–Trinajstić information content (AvgIpc) is 2.48. The van der Waals surface area contributed by atoms with E-state index >= 15 is 0 Å². The fourth-order valence-electron chi connectivity index (χ4n) is 2.08. The third kappa shape index (κ3) is 4.97. The summed E-state index contributed by atoms with van der Waals surface area (Å²) in [7, 11) is -3.42. The van der Waals surface area contributed by atoms with Crippen LogP contribution in [0.2, 0.25) is 5.02 Å². The summed E-state index contributed by atoms with van der Waals surface area (Å²) in [6, 6.07) is 13.7. The number of sulfonamides is 1. The van der Waals surface area contributed by atoms with Crippen LogP contribution in [0.5, 0.6) is 0 Å². The number of amides is 1. The zero-order chi connectivity index (χ0) is 17.0. The molecule has 0 aliphatic rings. The van der Waals surface area contributed by atoms with Gasteiger partial charge in [-0.1, -0.05) is 41.9 Å². The van der Waals surface area contributed by atoms with Crippen molar-refractivity contribution in [2.75, 3.05) is 11.0 Å². The summed E-state index contributed by atoms with van der Waals surface area (Å²) in [5.74, 6) is -0.372. The number of halogens is 1. The molecule has 2 aromatic carbocycles. The highest BCUT2D eigenvalue weighted by Crippen LogP contribution is 2.22. The van der Waals surface area contributed by atoms with Crippen LogP contribution in [-0.4, -0.2) is 20.6 Å². The zero-order valence-electron chi connectivity index (χ0n) is 12.7. The van der Waals surface area contributed by atoms with E-state index in [0.717, 1.165) is 11.8 Å². The van der Waals surface area contributed by atoms with Gasteiger partial charge in [0.2, 0.25) is 10.0 Å². The molecule has 2 aromatic rings. The second-order valence-electron chi connectivity index (χ2n) is 5.17. The van der Waals surface area contributed by atoms with Crippen molar-refractivity contribution in [1.82, 2.24) is 5.32 Å². The van der Waals surface area contributed by atoms with Crippen LogP contribution in [0.25, 0.3) is 0 Å². The maximum Gasteiger partial charge on any atom is 0.253 e. The van der Waals surface area contributed by atoms with Gasteiger partial charge in [0.1, 0.15) is 0 Å². The van der Waals surface area contributed by atoms with Crippen molar-refractivity contribution in [3.8, 4) is 0 Å². The topological polar surface area (TPSA) is 75.3 Å². The first kappa shape index (κ1) is 17.3. The first-order valence-corrected chi connectivity index (χ1v) is 9.16. The number of hydrogen-bond donors (Lipinski definition) is 2. The fourth-order valence-corrected chi connectivity index (χ4v) is 2.83. The van der Waals surface area contributed by atoms with E-state index in [1.165, 1.54) is 18.2 Å². The Labute approximate surface area is 140 Å². The van der Waals surface area contributed by atoms with Gasteiger partial charge in [-0.15, -0.1) is 0 Å². The van der Waals surface area contributed by atoms with Gasteiger partial charge in [0.15, 0.2) is 0 Å². The van der Waals surface area contributed by atoms with Gasteiger partial charge in [-0.3, -0.25) is 9.52 Å². The Hall–Kier alpha value is -2.05. The molecular formula is C16H17ClN2O3S. The van der Waals surface area contributed by atoms with Crippen molar-refractivity contribution < 1.29 is 13.2 Å². The van der Waals surface area contributed by atoms with Crippen molar-refractivity contribution in [3.05, 3.63) is 64.7 Å². The molecule has 0 heterocycles. The first-order valence-electron chi connectivity index (χ1n) is 6.89. The van der Waals surface area contributed by atoms with E-state index in [4.69, 9.17) is 11.6 Å². The molecule has 2 N–H and O–H groups in total. The minimum Gasteiger partial charge on any atom is -0.345 e. The van der Waals surface area contributed by atoms with E-state index in [0.29, 0.717) is 0 Å². The third-order valence-corrected chi connectivity index (χ3v) is 4.10. The highest BCUT2D eigenvalue weighted by Gasteiger charge is 2.15. The number of hydrogen-bond acceptors (Lipinski definition) is 3. The van der Waals surface area contributed by atoms with Crippen LogP contribution in [0.4, 0.5) is 5.69 Å². The smallest absolute Gasteiger partial charge is 0.253 e. The third-order valence-electron chi connectivity index (χ3n) is 3.16. The van der Waals surface area contributed by atoms with Crippen LogP contribution in [0.15, 0.2) is 48.5 Å². The second kappa shape index (κ2) is 7.02. The van der Waals surface area contributed by atoms with Gasteiger partial charge in [-0.25, -0.2) is 8.42 Å². The lowest BCUT2D eigenvalue weighted by Crippen LogP contribution is -2.27.